The smallest absolute Gasteiger partial charge is 0.252 e. The molecule has 0 unspecified atom stereocenters. The van der Waals surface area contributed by atoms with Crippen LogP contribution in [-0.4, -0.2) is 28.2 Å². The lowest BCUT2D eigenvalue weighted by molar-refractivity contribution is -0.142. The summed E-state index contributed by atoms with van der Waals surface area (Å²) in [6, 6.07) is 4.00. The Bertz CT molecular complexity index is 477. The molecule has 0 radical (unpaired) electrons. The Morgan fingerprint density at radius 2 is 2.17 bits per heavy atom. The predicted octanol–water partition coefficient (Wildman–Crippen LogP) is 1.64. The average Bonchev–Trinajstić information content (AvgIpc) is 2.35. The van der Waals surface area contributed by atoms with Gasteiger partial charge in [-0.15, -0.1) is 0 Å². The number of rotatable bonds is 4. The van der Waals surface area contributed by atoms with Crippen LogP contribution in [0, 0.1) is 6.92 Å². The summed E-state index contributed by atoms with van der Waals surface area (Å²) in [6.07, 6.45) is 6.86. The monoisotopic (exact) mass is 244 g/mol. The van der Waals surface area contributed by atoms with E-state index >= 15 is 0 Å². The van der Waals surface area contributed by atoms with Crippen molar-refractivity contribution in [1.29, 1.82) is 0 Å². The van der Waals surface area contributed by atoms with E-state index in [1.165, 1.54) is 11.0 Å². The summed E-state index contributed by atoms with van der Waals surface area (Å²) in [6.45, 7) is 2.43. The lowest BCUT2D eigenvalue weighted by Gasteiger charge is -2.21. The minimum Gasteiger partial charge on any atom is -0.279 e. The molecule has 1 aromatic rings. The predicted molar refractivity (Wildman–Crippen MR) is 67.8 cm³/mol. The molecule has 0 bridgehead atoms. The summed E-state index contributed by atoms with van der Waals surface area (Å²) in [5.74, 6) is -0.308. The van der Waals surface area contributed by atoms with Crippen molar-refractivity contribution in [3.8, 4) is 0 Å². The van der Waals surface area contributed by atoms with Crippen LogP contribution in [0.1, 0.15) is 24.1 Å². The maximum atomic E-state index is 11.5. The fourth-order valence-electron chi connectivity index (χ4n) is 1.91. The third-order valence-corrected chi connectivity index (χ3v) is 2.94. The van der Waals surface area contributed by atoms with E-state index in [0.29, 0.717) is 13.0 Å². The Balaban J connectivity index is 1.85. The lowest BCUT2D eigenvalue weighted by atomic mass is 10.1. The van der Waals surface area contributed by atoms with Crippen molar-refractivity contribution in [3.63, 3.8) is 0 Å². The number of carbonyl (C=O) groups excluding carboxylic acids is 2. The van der Waals surface area contributed by atoms with Crippen LogP contribution in [0.25, 0.3) is 0 Å². The molecular weight excluding hydrogens is 228 g/mol. The van der Waals surface area contributed by atoms with Gasteiger partial charge in [-0.3, -0.25) is 19.5 Å². The first-order valence-electron chi connectivity index (χ1n) is 6.09. The molecule has 18 heavy (non-hydrogen) atoms. The van der Waals surface area contributed by atoms with Gasteiger partial charge in [-0.05, 0) is 31.4 Å². The number of pyridine rings is 1. The summed E-state index contributed by atoms with van der Waals surface area (Å²) in [7, 11) is 0. The number of hydrogen-bond donors (Lipinski definition) is 0. The first kappa shape index (κ1) is 12.5. The van der Waals surface area contributed by atoms with Crippen LogP contribution >= 0.6 is 0 Å². The molecule has 0 saturated heterocycles. The van der Waals surface area contributed by atoms with Gasteiger partial charge in [0.25, 0.3) is 5.91 Å². The van der Waals surface area contributed by atoms with Gasteiger partial charge >= 0.3 is 0 Å². The van der Waals surface area contributed by atoms with Gasteiger partial charge < -0.3 is 0 Å². The fraction of sp³-hybridized carbons (Fsp3) is 0.357. The zero-order valence-corrected chi connectivity index (χ0v) is 10.4. The number of hydrogen-bond acceptors (Lipinski definition) is 3. The average molecular weight is 244 g/mol. The number of nitrogens with zero attached hydrogens (tertiary/aromatic N) is 2. The van der Waals surface area contributed by atoms with Crippen molar-refractivity contribution < 1.29 is 9.59 Å². The molecule has 0 aromatic carbocycles. The first-order chi connectivity index (χ1) is 8.66. The van der Waals surface area contributed by atoms with Gasteiger partial charge in [0.15, 0.2) is 0 Å². The Kier molecular flexibility index (Phi) is 3.87. The highest BCUT2D eigenvalue weighted by atomic mass is 16.2. The molecule has 0 fully saturated rings. The van der Waals surface area contributed by atoms with Crippen LogP contribution in [0.2, 0.25) is 0 Å². The largest absolute Gasteiger partial charge is 0.279 e. The molecule has 2 rings (SSSR count). The maximum Gasteiger partial charge on any atom is 0.252 e. The summed E-state index contributed by atoms with van der Waals surface area (Å²) in [5.41, 5.74) is 2.12. The first-order valence-corrected chi connectivity index (χ1v) is 6.09. The molecule has 1 aromatic heterocycles. The zero-order chi connectivity index (χ0) is 13.0. The Hall–Kier alpha value is -1.97. The number of aryl methyl sites for hydroxylation is 2. The molecule has 0 aliphatic carbocycles. The Morgan fingerprint density at radius 3 is 2.83 bits per heavy atom. The van der Waals surface area contributed by atoms with E-state index in [9.17, 15) is 9.59 Å². The molecule has 2 heterocycles. The van der Waals surface area contributed by atoms with E-state index < -0.39 is 0 Å². The third-order valence-electron chi connectivity index (χ3n) is 2.94. The molecule has 4 nitrogen and oxygen atoms in total. The minimum atomic E-state index is -0.201. The number of carbonyl (C=O) groups is 2. The second-order valence-corrected chi connectivity index (χ2v) is 4.40. The topological polar surface area (TPSA) is 50.3 Å². The SMILES string of the molecule is Cc1ccc(CCCN2C(=O)C=CCC2=O)cn1. The van der Waals surface area contributed by atoms with Crippen molar-refractivity contribution >= 4 is 11.8 Å². The molecule has 94 valence electrons. The molecule has 0 saturated carbocycles. The molecular formula is C14H16N2O2. The van der Waals surface area contributed by atoms with Gasteiger partial charge in [0.1, 0.15) is 0 Å². The van der Waals surface area contributed by atoms with E-state index in [0.717, 1.165) is 24.1 Å². The normalized spacial score (nSPS) is 15.3. The van der Waals surface area contributed by atoms with Gasteiger partial charge in [0.05, 0.1) is 0 Å². The minimum absolute atomic E-state index is 0.107. The van der Waals surface area contributed by atoms with Crippen molar-refractivity contribution in [2.24, 2.45) is 0 Å². The quantitative estimate of drug-likeness (QED) is 0.756. The molecule has 1 aliphatic heterocycles. The molecule has 2 amide bonds. The van der Waals surface area contributed by atoms with Crippen molar-refractivity contribution in [2.75, 3.05) is 6.54 Å². The standard InChI is InChI=1S/C14H16N2O2/c1-11-7-8-12(10-15-11)4-3-9-16-13(17)5-2-6-14(16)18/h2,5,7-8,10H,3-4,6,9H2,1H3. The van der Waals surface area contributed by atoms with E-state index in [2.05, 4.69) is 4.98 Å². The van der Waals surface area contributed by atoms with Crippen molar-refractivity contribution in [1.82, 2.24) is 9.88 Å². The lowest BCUT2D eigenvalue weighted by Crippen LogP contribution is -2.38. The highest BCUT2D eigenvalue weighted by molar-refractivity contribution is 6.04. The Morgan fingerprint density at radius 1 is 1.33 bits per heavy atom. The number of amides is 2. The number of aromatic nitrogens is 1. The van der Waals surface area contributed by atoms with Crippen molar-refractivity contribution in [2.45, 2.75) is 26.2 Å². The van der Waals surface area contributed by atoms with E-state index in [1.807, 2.05) is 25.3 Å². The zero-order valence-electron chi connectivity index (χ0n) is 10.4. The van der Waals surface area contributed by atoms with Crippen LogP contribution in [0.15, 0.2) is 30.5 Å². The summed E-state index contributed by atoms with van der Waals surface area (Å²) < 4.78 is 0. The van der Waals surface area contributed by atoms with Gasteiger partial charge in [0.2, 0.25) is 5.91 Å². The Labute approximate surface area is 106 Å². The van der Waals surface area contributed by atoms with E-state index in [1.54, 1.807) is 6.08 Å². The second kappa shape index (κ2) is 5.58. The van der Waals surface area contributed by atoms with Gasteiger partial charge in [-0.25, -0.2) is 0 Å². The van der Waals surface area contributed by atoms with Crippen LogP contribution in [0.3, 0.4) is 0 Å². The fourth-order valence-corrected chi connectivity index (χ4v) is 1.91. The molecule has 0 N–H and O–H groups in total. The van der Waals surface area contributed by atoms with Gasteiger partial charge in [-0.1, -0.05) is 12.1 Å². The highest BCUT2D eigenvalue weighted by Gasteiger charge is 2.20. The molecule has 4 heteroatoms. The molecule has 1 aliphatic rings. The summed E-state index contributed by atoms with van der Waals surface area (Å²) >= 11 is 0. The summed E-state index contributed by atoms with van der Waals surface area (Å²) in [4.78, 5) is 28.6. The maximum absolute atomic E-state index is 11.5. The second-order valence-electron chi connectivity index (χ2n) is 4.40. The van der Waals surface area contributed by atoms with E-state index in [-0.39, 0.29) is 11.8 Å². The van der Waals surface area contributed by atoms with Crippen LogP contribution in [0.5, 0.6) is 0 Å². The highest BCUT2D eigenvalue weighted by Crippen LogP contribution is 2.08. The van der Waals surface area contributed by atoms with Gasteiger partial charge in [-0.2, -0.15) is 0 Å². The van der Waals surface area contributed by atoms with Crippen LogP contribution < -0.4 is 0 Å². The van der Waals surface area contributed by atoms with Crippen molar-refractivity contribution in [3.05, 3.63) is 41.7 Å². The third kappa shape index (κ3) is 3.03. The van der Waals surface area contributed by atoms with E-state index in [4.69, 9.17) is 0 Å². The van der Waals surface area contributed by atoms with Crippen LogP contribution in [-0.2, 0) is 16.0 Å². The number of imide groups is 1. The van der Waals surface area contributed by atoms with Gasteiger partial charge in [0, 0.05) is 30.9 Å². The van der Waals surface area contributed by atoms with Crippen LogP contribution in [0.4, 0.5) is 0 Å². The summed E-state index contributed by atoms with van der Waals surface area (Å²) in [5, 5.41) is 0. The molecule has 0 atom stereocenters. The molecule has 0 spiro atoms.